The smallest absolute Gasteiger partial charge is 0.311 e. The Hall–Kier alpha value is -1.06. The van der Waals surface area contributed by atoms with Crippen molar-refractivity contribution in [1.82, 2.24) is 0 Å². The number of carbonyl (C=O) groups excluding carboxylic acids is 2. The van der Waals surface area contributed by atoms with E-state index in [9.17, 15) is 9.59 Å². The van der Waals surface area contributed by atoms with Gasteiger partial charge in [-0.2, -0.15) is 0 Å². The Labute approximate surface area is 90.9 Å². The standard InChI is InChI=1S/C11H20O4/c1-8(9(12)14-4)6-7-11(2,3)10(13)15-5/h8H,6-7H2,1-5H3. The Bertz CT molecular complexity index is 233. The molecule has 0 aromatic rings. The van der Waals surface area contributed by atoms with Crippen LogP contribution in [0.4, 0.5) is 0 Å². The van der Waals surface area contributed by atoms with Crippen molar-refractivity contribution in [3.05, 3.63) is 0 Å². The SMILES string of the molecule is COC(=O)C(C)CCC(C)(C)C(=O)OC. The van der Waals surface area contributed by atoms with Gasteiger partial charge in [0, 0.05) is 0 Å². The van der Waals surface area contributed by atoms with Crippen LogP contribution < -0.4 is 0 Å². The second-order valence-corrected chi connectivity index (χ2v) is 4.34. The predicted molar refractivity (Wildman–Crippen MR) is 56.2 cm³/mol. The molecule has 4 nitrogen and oxygen atoms in total. The van der Waals surface area contributed by atoms with Crippen LogP contribution in [0.25, 0.3) is 0 Å². The maximum absolute atomic E-state index is 11.3. The van der Waals surface area contributed by atoms with Gasteiger partial charge in [-0.3, -0.25) is 9.59 Å². The van der Waals surface area contributed by atoms with Crippen LogP contribution in [-0.2, 0) is 19.1 Å². The Kier molecular flexibility index (Phi) is 5.33. The molecule has 0 aliphatic rings. The molecule has 88 valence electrons. The minimum Gasteiger partial charge on any atom is -0.469 e. The van der Waals surface area contributed by atoms with Crippen LogP contribution in [0.15, 0.2) is 0 Å². The van der Waals surface area contributed by atoms with Crippen LogP contribution in [0.3, 0.4) is 0 Å². The number of methoxy groups -OCH3 is 2. The van der Waals surface area contributed by atoms with E-state index in [1.165, 1.54) is 14.2 Å². The molecule has 0 rings (SSSR count). The molecule has 0 saturated heterocycles. The summed E-state index contributed by atoms with van der Waals surface area (Å²) >= 11 is 0. The van der Waals surface area contributed by atoms with E-state index in [0.29, 0.717) is 12.8 Å². The van der Waals surface area contributed by atoms with Gasteiger partial charge in [-0.25, -0.2) is 0 Å². The quantitative estimate of drug-likeness (QED) is 0.657. The second kappa shape index (κ2) is 5.73. The van der Waals surface area contributed by atoms with E-state index >= 15 is 0 Å². The summed E-state index contributed by atoms with van der Waals surface area (Å²) in [5.74, 6) is -0.672. The minimum absolute atomic E-state index is 0.182. The highest BCUT2D eigenvalue weighted by Gasteiger charge is 2.29. The predicted octanol–water partition coefficient (Wildman–Crippen LogP) is 1.77. The average molecular weight is 216 g/mol. The van der Waals surface area contributed by atoms with E-state index in [4.69, 9.17) is 0 Å². The number of ether oxygens (including phenoxy) is 2. The lowest BCUT2D eigenvalue weighted by Crippen LogP contribution is -2.27. The van der Waals surface area contributed by atoms with Crippen LogP contribution in [0, 0.1) is 11.3 Å². The Morgan fingerprint density at radius 2 is 1.73 bits per heavy atom. The van der Waals surface area contributed by atoms with Gasteiger partial charge in [-0.1, -0.05) is 6.92 Å². The van der Waals surface area contributed by atoms with Crippen molar-refractivity contribution < 1.29 is 19.1 Å². The van der Waals surface area contributed by atoms with Crippen molar-refractivity contribution in [3.8, 4) is 0 Å². The Balaban J connectivity index is 4.14. The van der Waals surface area contributed by atoms with Gasteiger partial charge in [-0.05, 0) is 26.7 Å². The molecule has 0 amide bonds. The van der Waals surface area contributed by atoms with Gasteiger partial charge >= 0.3 is 11.9 Å². The molecule has 0 bridgehead atoms. The minimum atomic E-state index is -0.545. The normalized spacial score (nSPS) is 13.1. The van der Waals surface area contributed by atoms with Crippen molar-refractivity contribution in [1.29, 1.82) is 0 Å². The molecule has 0 fully saturated rings. The van der Waals surface area contributed by atoms with Crippen LogP contribution in [-0.4, -0.2) is 26.2 Å². The molecular formula is C11H20O4. The van der Waals surface area contributed by atoms with E-state index in [0.717, 1.165) is 0 Å². The molecule has 0 heterocycles. The number of rotatable bonds is 5. The Morgan fingerprint density at radius 1 is 1.20 bits per heavy atom. The first kappa shape index (κ1) is 13.9. The van der Waals surface area contributed by atoms with Crippen molar-refractivity contribution >= 4 is 11.9 Å². The molecule has 0 aliphatic carbocycles. The zero-order valence-electron chi connectivity index (χ0n) is 10.1. The maximum Gasteiger partial charge on any atom is 0.311 e. The van der Waals surface area contributed by atoms with Gasteiger partial charge in [0.15, 0.2) is 0 Å². The first-order valence-electron chi connectivity index (χ1n) is 5.01. The lowest BCUT2D eigenvalue weighted by Gasteiger charge is -2.22. The topological polar surface area (TPSA) is 52.6 Å². The van der Waals surface area contributed by atoms with Gasteiger partial charge in [0.25, 0.3) is 0 Å². The van der Waals surface area contributed by atoms with Crippen LogP contribution in [0.5, 0.6) is 0 Å². The average Bonchev–Trinajstić information content (AvgIpc) is 2.23. The summed E-state index contributed by atoms with van der Waals surface area (Å²) < 4.78 is 9.29. The number of hydrogen-bond acceptors (Lipinski definition) is 4. The fourth-order valence-electron chi connectivity index (χ4n) is 1.27. The molecule has 15 heavy (non-hydrogen) atoms. The highest BCUT2D eigenvalue weighted by atomic mass is 16.5. The first-order valence-corrected chi connectivity index (χ1v) is 5.01. The lowest BCUT2D eigenvalue weighted by atomic mass is 9.85. The van der Waals surface area contributed by atoms with Gasteiger partial charge in [0.1, 0.15) is 0 Å². The van der Waals surface area contributed by atoms with Gasteiger partial charge in [0.2, 0.25) is 0 Å². The van der Waals surface area contributed by atoms with Crippen LogP contribution in [0.1, 0.15) is 33.6 Å². The molecule has 0 aromatic carbocycles. The molecule has 0 aromatic heterocycles. The van der Waals surface area contributed by atoms with Crippen molar-refractivity contribution in [2.24, 2.45) is 11.3 Å². The summed E-state index contributed by atoms with van der Waals surface area (Å²) in [5, 5.41) is 0. The highest BCUT2D eigenvalue weighted by Crippen LogP contribution is 2.26. The van der Waals surface area contributed by atoms with E-state index < -0.39 is 5.41 Å². The summed E-state index contributed by atoms with van der Waals surface area (Å²) in [5.41, 5.74) is -0.545. The summed E-state index contributed by atoms with van der Waals surface area (Å²) in [6, 6.07) is 0. The zero-order valence-corrected chi connectivity index (χ0v) is 10.1. The maximum atomic E-state index is 11.3. The van der Waals surface area contributed by atoms with E-state index in [1.54, 1.807) is 6.92 Å². The fraction of sp³-hybridized carbons (Fsp3) is 0.818. The lowest BCUT2D eigenvalue weighted by molar-refractivity contribution is -0.152. The molecule has 0 radical (unpaired) electrons. The molecule has 0 N–H and O–H groups in total. The Morgan fingerprint density at radius 3 is 2.13 bits per heavy atom. The molecular weight excluding hydrogens is 196 g/mol. The third-order valence-electron chi connectivity index (χ3n) is 2.54. The number of carbonyl (C=O) groups is 2. The zero-order chi connectivity index (χ0) is 12.1. The van der Waals surface area contributed by atoms with Crippen molar-refractivity contribution in [2.75, 3.05) is 14.2 Å². The van der Waals surface area contributed by atoms with Crippen LogP contribution in [0.2, 0.25) is 0 Å². The second-order valence-electron chi connectivity index (χ2n) is 4.34. The summed E-state index contributed by atoms with van der Waals surface area (Å²) in [6.45, 7) is 5.41. The molecule has 1 unspecified atom stereocenters. The number of esters is 2. The molecule has 0 saturated carbocycles. The van der Waals surface area contributed by atoms with Crippen molar-refractivity contribution in [2.45, 2.75) is 33.6 Å². The molecule has 4 heteroatoms. The van der Waals surface area contributed by atoms with Crippen molar-refractivity contribution in [3.63, 3.8) is 0 Å². The van der Waals surface area contributed by atoms with Gasteiger partial charge in [-0.15, -0.1) is 0 Å². The van der Waals surface area contributed by atoms with E-state index in [2.05, 4.69) is 9.47 Å². The van der Waals surface area contributed by atoms with Gasteiger partial charge < -0.3 is 9.47 Å². The molecule has 0 spiro atoms. The van der Waals surface area contributed by atoms with E-state index in [-0.39, 0.29) is 17.9 Å². The largest absolute Gasteiger partial charge is 0.469 e. The third kappa shape index (κ3) is 4.32. The van der Waals surface area contributed by atoms with Crippen LogP contribution >= 0.6 is 0 Å². The first-order chi connectivity index (χ1) is 6.85. The highest BCUT2D eigenvalue weighted by molar-refractivity contribution is 5.76. The fourth-order valence-corrected chi connectivity index (χ4v) is 1.27. The van der Waals surface area contributed by atoms with Gasteiger partial charge in [0.05, 0.1) is 25.6 Å². The summed E-state index contributed by atoms with van der Waals surface area (Å²) in [7, 11) is 2.73. The molecule has 0 aliphatic heterocycles. The number of hydrogen-bond donors (Lipinski definition) is 0. The third-order valence-corrected chi connectivity index (χ3v) is 2.54. The summed E-state index contributed by atoms with van der Waals surface area (Å²) in [6.07, 6.45) is 1.23. The monoisotopic (exact) mass is 216 g/mol. The summed E-state index contributed by atoms with van der Waals surface area (Å²) in [4.78, 5) is 22.5. The van der Waals surface area contributed by atoms with E-state index in [1.807, 2.05) is 13.8 Å². The molecule has 1 atom stereocenters.